The highest BCUT2D eigenvalue weighted by Gasteiger charge is 2.08. The maximum Gasteiger partial charge on any atom is 0.320 e. The normalized spacial score (nSPS) is 11.4. The zero-order valence-electron chi connectivity index (χ0n) is 8.95. The van der Waals surface area contributed by atoms with Crippen molar-refractivity contribution in [3.63, 3.8) is 0 Å². The van der Waals surface area contributed by atoms with Crippen molar-refractivity contribution >= 4 is 43.4 Å². The Morgan fingerprint density at radius 1 is 1.44 bits per heavy atom. The van der Waals surface area contributed by atoms with Gasteiger partial charge in [0.1, 0.15) is 5.88 Å². The number of amides is 2. The summed E-state index contributed by atoms with van der Waals surface area (Å²) in [4.78, 5) is 15.4. The van der Waals surface area contributed by atoms with Gasteiger partial charge in [-0.05, 0) is 18.2 Å². The van der Waals surface area contributed by atoms with E-state index in [1.807, 2.05) is 5.32 Å². The lowest BCUT2D eigenvalue weighted by molar-refractivity contribution is 0.253. The molecule has 96 valence electrons. The Hall–Kier alpha value is -1.71. The first kappa shape index (κ1) is 12.7. The van der Waals surface area contributed by atoms with Crippen molar-refractivity contribution in [3.05, 3.63) is 23.7 Å². The number of thiazole rings is 1. The zero-order chi connectivity index (χ0) is 13.2. The second-order valence-electron chi connectivity index (χ2n) is 3.39. The minimum atomic E-state index is -4.22. The molecule has 0 saturated carbocycles. The minimum Gasteiger partial charge on any atom is -0.321 e. The number of nitrogens with zero attached hydrogens (tertiary/aromatic N) is 1. The number of anilines is 1. The predicted molar refractivity (Wildman–Crippen MR) is 68.2 cm³/mol. The van der Waals surface area contributed by atoms with Crippen LogP contribution in [0.15, 0.2) is 23.7 Å². The molecule has 0 aliphatic rings. The smallest absolute Gasteiger partial charge is 0.320 e. The van der Waals surface area contributed by atoms with Crippen molar-refractivity contribution in [2.24, 2.45) is 0 Å². The molecule has 2 amide bonds. The Labute approximate surface area is 107 Å². The summed E-state index contributed by atoms with van der Waals surface area (Å²) in [5.74, 6) is -0.832. The van der Waals surface area contributed by atoms with Crippen LogP contribution in [-0.4, -0.2) is 29.9 Å². The number of fused-ring (bicyclic) bond motifs is 1. The molecule has 0 saturated heterocycles. The summed E-state index contributed by atoms with van der Waals surface area (Å²) >= 11 is 1.43. The zero-order valence-corrected chi connectivity index (χ0v) is 10.6. The molecule has 1 heterocycles. The van der Waals surface area contributed by atoms with Crippen LogP contribution in [-0.2, 0) is 10.1 Å². The van der Waals surface area contributed by atoms with E-state index >= 15 is 0 Å². The maximum absolute atomic E-state index is 11.3. The van der Waals surface area contributed by atoms with Crippen molar-refractivity contribution in [1.29, 1.82) is 0 Å². The molecule has 18 heavy (non-hydrogen) atoms. The van der Waals surface area contributed by atoms with Gasteiger partial charge in [-0.25, -0.2) is 9.78 Å². The fourth-order valence-corrected chi connectivity index (χ4v) is 2.29. The number of carbonyl (C=O) groups is 1. The van der Waals surface area contributed by atoms with E-state index in [1.165, 1.54) is 11.3 Å². The van der Waals surface area contributed by atoms with Gasteiger partial charge in [0.25, 0.3) is 10.1 Å². The SMILES string of the molecule is O=C(NCS(=O)(=O)O)Nc1ccc2ncsc2c1. The number of benzene rings is 1. The second-order valence-corrected chi connectivity index (χ2v) is 5.73. The third kappa shape index (κ3) is 3.39. The molecule has 0 aliphatic carbocycles. The van der Waals surface area contributed by atoms with Crippen molar-refractivity contribution in [1.82, 2.24) is 10.3 Å². The van der Waals surface area contributed by atoms with E-state index in [0.717, 1.165) is 10.2 Å². The molecule has 0 spiro atoms. The van der Waals surface area contributed by atoms with Gasteiger partial charge in [-0.15, -0.1) is 11.3 Å². The van der Waals surface area contributed by atoms with Crippen LogP contribution in [0.2, 0.25) is 0 Å². The van der Waals surface area contributed by atoms with Gasteiger partial charge in [0.2, 0.25) is 0 Å². The Morgan fingerprint density at radius 2 is 2.22 bits per heavy atom. The lowest BCUT2D eigenvalue weighted by atomic mass is 10.3. The lowest BCUT2D eigenvalue weighted by Gasteiger charge is -2.05. The van der Waals surface area contributed by atoms with Crippen molar-refractivity contribution in [3.8, 4) is 0 Å². The fourth-order valence-electron chi connectivity index (χ4n) is 1.26. The molecule has 3 N–H and O–H groups in total. The van der Waals surface area contributed by atoms with Crippen LogP contribution >= 0.6 is 11.3 Å². The van der Waals surface area contributed by atoms with Crippen LogP contribution in [0, 0.1) is 0 Å². The standard InChI is InChI=1S/C9H9N3O4S2/c13-9(11-5-18(14,15)16)12-6-1-2-7-8(3-6)17-4-10-7/h1-4H,5H2,(H2,11,12,13)(H,14,15,16). The average Bonchev–Trinajstić information content (AvgIpc) is 2.72. The highest BCUT2D eigenvalue weighted by molar-refractivity contribution is 7.85. The summed E-state index contributed by atoms with van der Waals surface area (Å²) in [5, 5.41) is 4.46. The summed E-state index contributed by atoms with van der Waals surface area (Å²) in [6.45, 7) is 0. The van der Waals surface area contributed by atoms with Crippen LogP contribution < -0.4 is 10.6 Å². The Morgan fingerprint density at radius 3 is 2.94 bits per heavy atom. The largest absolute Gasteiger partial charge is 0.321 e. The summed E-state index contributed by atoms with van der Waals surface area (Å²) in [6, 6.07) is 4.40. The second kappa shape index (κ2) is 4.88. The van der Waals surface area contributed by atoms with Crippen LogP contribution in [0.4, 0.5) is 10.5 Å². The molecule has 1 aromatic heterocycles. The number of hydrogen-bond donors (Lipinski definition) is 3. The van der Waals surface area contributed by atoms with E-state index < -0.39 is 22.0 Å². The van der Waals surface area contributed by atoms with Gasteiger partial charge < -0.3 is 10.6 Å². The van der Waals surface area contributed by atoms with Gasteiger partial charge in [0, 0.05) is 5.69 Å². The molecule has 0 radical (unpaired) electrons. The molecular formula is C9H9N3O4S2. The van der Waals surface area contributed by atoms with Crippen LogP contribution in [0.3, 0.4) is 0 Å². The number of nitrogens with one attached hydrogen (secondary N) is 2. The van der Waals surface area contributed by atoms with E-state index in [-0.39, 0.29) is 0 Å². The van der Waals surface area contributed by atoms with Crippen molar-refractivity contribution in [2.45, 2.75) is 0 Å². The molecule has 9 heteroatoms. The van der Waals surface area contributed by atoms with Gasteiger partial charge in [-0.3, -0.25) is 4.55 Å². The molecule has 0 fully saturated rings. The quantitative estimate of drug-likeness (QED) is 0.736. The molecule has 2 aromatic rings. The van der Waals surface area contributed by atoms with Crippen molar-refractivity contribution in [2.75, 3.05) is 11.2 Å². The Kier molecular flexibility index (Phi) is 3.45. The molecule has 2 rings (SSSR count). The molecule has 1 aromatic carbocycles. The molecule has 0 atom stereocenters. The van der Waals surface area contributed by atoms with E-state index in [2.05, 4.69) is 10.3 Å². The topological polar surface area (TPSA) is 108 Å². The Bertz CT molecular complexity index is 680. The molecular weight excluding hydrogens is 278 g/mol. The number of carbonyl (C=O) groups excluding carboxylic acids is 1. The van der Waals surface area contributed by atoms with Crippen LogP contribution in [0.5, 0.6) is 0 Å². The van der Waals surface area contributed by atoms with Gasteiger partial charge >= 0.3 is 6.03 Å². The summed E-state index contributed by atoms with van der Waals surface area (Å²) in [6.07, 6.45) is 0. The van der Waals surface area contributed by atoms with E-state index in [1.54, 1.807) is 23.7 Å². The molecule has 7 nitrogen and oxygen atoms in total. The molecule has 0 aliphatic heterocycles. The van der Waals surface area contributed by atoms with Gasteiger partial charge in [0.15, 0.2) is 0 Å². The molecule has 0 bridgehead atoms. The first-order valence-electron chi connectivity index (χ1n) is 4.77. The lowest BCUT2D eigenvalue weighted by Crippen LogP contribution is -2.33. The van der Waals surface area contributed by atoms with E-state index in [0.29, 0.717) is 5.69 Å². The first-order chi connectivity index (χ1) is 8.44. The van der Waals surface area contributed by atoms with Gasteiger partial charge in [-0.2, -0.15) is 8.42 Å². The Balaban J connectivity index is 2.02. The van der Waals surface area contributed by atoms with E-state index in [4.69, 9.17) is 4.55 Å². The predicted octanol–water partition coefficient (Wildman–Crippen LogP) is 1.26. The molecule has 0 unspecified atom stereocenters. The highest BCUT2D eigenvalue weighted by atomic mass is 32.2. The number of hydrogen-bond acceptors (Lipinski definition) is 5. The van der Waals surface area contributed by atoms with Crippen LogP contribution in [0.1, 0.15) is 0 Å². The number of aromatic nitrogens is 1. The third-order valence-electron chi connectivity index (χ3n) is 2.00. The summed E-state index contributed by atoms with van der Waals surface area (Å²) in [5.41, 5.74) is 3.02. The fraction of sp³-hybridized carbons (Fsp3) is 0.111. The average molecular weight is 287 g/mol. The third-order valence-corrected chi connectivity index (χ3v) is 3.31. The van der Waals surface area contributed by atoms with Crippen LogP contribution in [0.25, 0.3) is 10.2 Å². The summed E-state index contributed by atoms with van der Waals surface area (Å²) in [7, 11) is -4.22. The minimum absolute atomic E-state index is 0.514. The number of urea groups is 1. The maximum atomic E-state index is 11.3. The number of rotatable bonds is 3. The monoisotopic (exact) mass is 287 g/mol. The van der Waals surface area contributed by atoms with E-state index in [9.17, 15) is 13.2 Å². The van der Waals surface area contributed by atoms with Gasteiger partial charge in [0.05, 0.1) is 15.7 Å². The highest BCUT2D eigenvalue weighted by Crippen LogP contribution is 2.21. The van der Waals surface area contributed by atoms with Gasteiger partial charge in [-0.1, -0.05) is 0 Å². The first-order valence-corrected chi connectivity index (χ1v) is 7.26. The van der Waals surface area contributed by atoms with Crippen molar-refractivity contribution < 1.29 is 17.8 Å². The summed E-state index contributed by atoms with van der Waals surface area (Å²) < 4.78 is 30.2.